The Labute approximate surface area is 267 Å². The first-order valence-corrected chi connectivity index (χ1v) is 16.9. The number of nitrogen functional groups attached to an aromatic ring is 1. The topological polar surface area (TPSA) is 122 Å². The molecule has 1 saturated heterocycles. The van der Waals surface area contributed by atoms with Crippen LogP contribution in [0.3, 0.4) is 0 Å². The molecule has 1 heterocycles. The number of ketones is 1. The molecule has 7 rings (SSSR count). The van der Waals surface area contributed by atoms with Gasteiger partial charge in [-0.05, 0) is 73.8 Å². The van der Waals surface area contributed by atoms with Crippen molar-refractivity contribution in [2.24, 2.45) is 28.6 Å². The number of hydrogen-bond acceptors (Lipinski definition) is 8. The molecule has 240 valence electrons. The van der Waals surface area contributed by atoms with E-state index in [1.165, 1.54) is 11.8 Å². The number of hydrogen-bond donors (Lipinski definition) is 4. The number of nitrogens with two attached hydrogens (primary N) is 1. The van der Waals surface area contributed by atoms with Crippen LogP contribution in [0.4, 0.5) is 10.1 Å². The van der Waals surface area contributed by atoms with E-state index in [0.29, 0.717) is 28.3 Å². The molecule has 0 spiro atoms. The highest BCUT2D eigenvalue weighted by molar-refractivity contribution is 7.98. The number of carbonyl (C=O) groups is 1. The second kappa shape index (κ2) is 11.0. The van der Waals surface area contributed by atoms with E-state index in [1.807, 2.05) is 49.4 Å². The van der Waals surface area contributed by atoms with Crippen LogP contribution in [0.5, 0.6) is 0 Å². The van der Waals surface area contributed by atoms with Crippen molar-refractivity contribution in [1.82, 2.24) is 0 Å². The molecule has 0 radical (unpaired) electrons. The quantitative estimate of drug-likeness (QED) is 0.189. The highest BCUT2D eigenvalue weighted by Gasteiger charge is 2.76. The number of halogens is 1. The van der Waals surface area contributed by atoms with Crippen molar-refractivity contribution in [1.29, 1.82) is 0 Å². The first-order chi connectivity index (χ1) is 21.4. The first kappa shape index (κ1) is 31.1. The lowest BCUT2D eigenvalue weighted by Gasteiger charge is -2.60. The minimum Gasteiger partial charge on any atom is -0.399 e. The third-order valence-corrected chi connectivity index (χ3v) is 12.9. The van der Waals surface area contributed by atoms with Gasteiger partial charge in [0.1, 0.15) is 12.4 Å². The van der Waals surface area contributed by atoms with Gasteiger partial charge in [-0.15, -0.1) is 11.8 Å². The Morgan fingerprint density at radius 1 is 1.20 bits per heavy atom. The van der Waals surface area contributed by atoms with Crippen LogP contribution in [0.2, 0.25) is 0 Å². The summed E-state index contributed by atoms with van der Waals surface area (Å²) >= 11 is 1.35. The maximum absolute atomic E-state index is 16.3. The molecular formula is C36H42FNO6S. The van der Waals surface area contributed by atoms with Gasteiger partial charge < -0.3 is 30.5 Å². The molecule has 0 aromatic heterocycles. The van der Waals surface area contributed by atoms with E-state index in [-0.39, 0.29) is 29.7 Å². The van der Waals surface area contributed by atoms with Crippen LogP contribution in [0.15, 0.2) is 65.1 Å². The van der Waals surface area contributed by atoms with Gasteiger partial charge in [-0.25, -0.2) is 4.39 Å². The third-order valence-electron chi connectivity index (χ3n) is 11.8. The first-order valence-electron chi connectivity index (χ1n) is 15.9. The number of aryl methyl sites for hydroxylation is 1. The zero-order valence-corrected chi connectivity index (χ0v) is 26.7. The number of benzene rings is 2. The summed E-state index contributed by atoms with van der Waals surface area (Å²) in [7, 11) is 0. The highest BCUT2D eigenvalue weighted by Crippen LogP contribution is 2.70. The summed E-state index contributed by atoms with van der Waals surface area (Å²) in [6, 6.07) is 11.1. The van der Waals surface area contributed by atoms with Crippen molar-refractivity contribution in [2.75, 3.05) is 12.3 Å². The van der Waals surface area contributed by atoms with Crippen molar-refractivity contribution in [2.45, 2.75) is 87.3 Å². The standard InChI is InChI=1S/C36H42FNO6S/c1-19-7-10-27(45-18-20-5-4-6-22(38)13-20)32(37)30(19)33-43-29-15-25-24-9-8-21-14-23(40)11-12-34(21,2)31(24)26(41)16-35(25,3)36(29,44-33)28(42)17-39/h4-7,10-14,23-26,29,31,33,39-41H,8-9,15-18,38H2,1-3H3/t23?,24-,25-,26-,29+,31+,33-,34-,35-,36+/m0/s1. The van der Waals surface area contributed by atoms with Gasteiger partial charge >= 0.3 is 0 Å². The third kappa shape index (κ3) is 4.53. The van der Waals surface area contributed by atoms with Crippen molar-refractivity contribution in [3.8, 4) is 0 Å². The molecule has 4 aliphatic carbocycles. The average Bonchev–Trinajstić information content (AvgIpc) is 3.49. The second-order valence-corrected chi connectivity index (χ2v) is 15.1. The molecule has 7 nitrogen and oxygen atoms in total. The number of rotatable bonds is 6. The molecule has 2 aromatic rings. The van der Waals surface area contributed by atoms with E-state index in [2.05, 4.69) is 6.92 Å². The van der Waals surface area contributed by atoms with E-state index >= 15 is 4.39 Å². The molecule has 2 aromatic carbocycles. The van der Waals surface area contributed by atoms with E-state index < -0.39 is 59.2 Å². The Hall–Kier alpha value is -2.53. The van der Waals surface area contributed by atoms with Crippen LogP contribution >= 0.6 is 11.8 Å². The molecule has 1 unspecified atom stereocenters. The SMILES string of the molecule is Cc1ccc(SCc2cccc(N)c2)c(F)c1[C@H]1O[C@@H]2C[C@H]3[C@@H]4CCC5=CC(O)C=C[C@]5(C)[C@H]4[C@@H](O)C[C@]3(C)[C@]2(C(=O)CO)O1. The van der Waals surface area contributed by atoms with Gasteiger partial charge in [0.25, 0.3) is 0 Å². The normalized spacial score (nSPS) is 39.9. The molecule has 9 heteroatoms. The lowest BCUT2D eigenvalue weighted by molar-refractivity contribution is -0.201. The van der Waals surface area contributed by atoms with Gasteiger partial charge in [0.05, 0.1) is 18.3 Å². The lowest BCUT2D eigenvalue weighted by Crippen LogP contribution is -2.63. The summed E-state index contributed by atoms with van der Waals surface area (Å²) in [5.41, 5.74) is 6.84. The van der Waals surface area contributed by atoms with Crippen LogP contribution in [-0.2, 0) is 20.0 Å². The van der Waals surface area contributed by atoms with Crippen molar-refractivity contribution < 1.29 is 34.0 Å². The largest absolute Gasteiger partial charge is 0.399 e. The molecule has 1 aliphatic heterocycles. The Bertz CT molecular complexity index is 1600. The monoisotopic (exact) mass is 635 g/mol. The van der Waals surface area contributed by atoms with Crippen LogP contribution in [0.1, 0.15) is 62.5 Å². The summed E-state index contributed by atoms with van der Waals surface area (Å²) in [5, 5.41) is 32.4. The molecule has 10 atom stereocenters. The van der Waals surface area contributed by atoms with Gasteiger partial charge in [0.15, 0.2) is 17.7 Å². The van der Waals surface area contributed by atoms with Crippen LogP contribution in [0.25, 0.3) is 0 Å². The predicted molar refractivity (Wildman–Crippen MR) is 169 cm³/mol. The van der Waals surface area contributed by atoms with E-state index in [1.54, 1.807) is 19.1 Å². The summed E-state index contributed by atoms with van der Waals surface area (Å²) in [6.07, 6.45) is 4.95. The maximum Gasteiger partial charge on any atom is 0.193 e. The average molecular weight is 636 g/mol. The van der Waals surface area contributed by atoms with E-state index in [0.717, 1.165) is 24.0 Å². The van der Waals surface area contributed by atoms with Gasteiger partial charge in [-0.1, -0.05) is 55.8 Å². The predicted octanol–water partition coefficient (Wildman–Crippen LogP) is 5.40. The van der Waals surface area contributed by atoms with Gasteiger partial charge in [-0.3, -0.25) is 4.79 Å². The van der Waals surface area contributed by atoms with Crippen LogP contribution in [-0.4, -0.2) is 51.6 Å². The van der Waals surface area contributed by atoms with Crippen molar-refractivity contribution in [3.63, 3.8) is 0 Å². The molecule has 0 bridgehead atoms. The fourth-order valence-corrected chi connectivity index (χ4v) is 10.8. The Balaban J connectivity index is 1.21. The minimum absolute atomic E-state index is 0.0166. The Morgan fingerprint density at radius 2 is 2.00 bits per heavy atom. The van der Waals surface area contributed by atoms with Crippen LogP contribution in [0, 0.1) is 41.3 Å². The number of allylic oxidation sites excluding steroid dienone is 2. The second-order valence-electron chi connectivity index (χ2n) is 14.1. The fourth-order valence-electron chi connectivity index (χ4n) is 9.85. The minimum atomic E-state index is -1.53. The molecule has 5 aliphatic rings. The number of anilines is 1. The Morgan fingerprint density at radius 3 is 2.76 bits per heavy atom. The number of ether oxygens (including phenoxy) is 2. The van der Waals surface area contributed by atoms with E-state index in [9.17, 15) is 20.1 Å². The zero-order chi connectivity index (χ0) is 31.9. The van der Waals surface area contributed by atoms with Crippen molar-refractivity contribution in [3.05, 3.63) is 82.7 Å². The smallest absolute Gasteiger partial charge is 0.193 e. The zero-order valence-electron chi connectivity index (χ0n) is 25.9. The van der Waals surface area contributed by atoms with Gasteiger partial charge in [-0.2, -0.15) is 0 Å². The highest BCUT2D eigenvalue weighted by atomic mass is 32.2. The maximum atomic E-state index is 16.3. The molecule has 0 amide bonds. The molecular weight excluding hydrogens is 593 g/mol. The Kier molecular flexibility index (Phi) is 7.62. The fraction of sp³-hybridized carbons (Fsp3) is 0.528. The van der Waals surface area contributed by atoms with E-state index in [4.69, 9.17) is 15.2 Å². The van der Waals surface area contributed by atoms with Gasteiger partial charge in [0.2, 0.25) is 0 Å². The number of fused-ring (bicyclic) bond motifs is 7. The summed E-state index contributed by atoms with van der Waals surface area (Å²) < 4.78 is 29.5. The lowest BCUT2D eigenvalue weighted by atomic mass is 9.46. The number of thioether (sulfide) groups is 1. The summed E-state index contributed by atoms with van der Waals surface area (Å²) in [5.74, 6) is -0.446. The summed E-state index contributed by atoms with van der Waals surface area (Å²) in [6.45, 7) is 5.20. The van der Waals surface area contributed by atoms with Gasteiger partial charge in [0, 0.05) is 38.6 Å². The number of aliphatic hydroxyl groups excluding tert-OH is 3. The number of Topliss-reactive ketones (excluding diaryl/α,β-unsaturated/α-hetero) is 1. The number of aliphatic hydroxyl groups is 3. The van der Waals surface area contributed by atoms with Crippen molar-refractivity contribution >= 4 is 23.2 Å². The van der Waals surface area contributed by atoms with Crippen LogP contribution < -0.4 is 5.73 Å². The molecule has 3 saturated carbocycles. The molecule has 45 heavy (non-hydrogen) atoms. The molecule has 4 fully saturated rings. The molecule has 5 N–H and O–H groups in total. The number of carbonyl (C=O) groups excluding carboxylic acids is 1. The summed E-state index contributed by atoms with van der Waals surface area (Å²) in [4.78, 5) is 14.3.